The molecule has 1 N–H and O–H groups in total. The van der Waals surface area contributed by atoms with Crippen molar-refractivity contribution in [1.29, 1.82) is 0 Å². The van der Waals surface area contributed by atoms with Gasteiger partial charge in [0.25, 0.3) is 0 Å². The largest absolute Gasteiger partial charge is 0.458 e. The maximum atomic E-state index is 12.8. The van der Waals surface area contributed by atoms with Gasteiger partial charge in [-0.15, -0.1) is 0 Å². The Morgan fingerprint density at radius 1 is 0.923 bits per heavy atom. The van der Waals surface area contributed by atoms with Gasteiger partial charge in [-0.3, -0.25) is 19.2 Å². The summed E-state index contributed by atoms with van der Waals surface area (Å²) in [7, 11) is 0. The van der Waals surface area contributed by atoms with Gasteiger partial charge in [-0.05, 0) is 32.9 Å². The Labute approximate surface area is 227 Å². The standard InChI is InChI=1S/C28H36O11/c1-13-11-19-22(14(2)26(33)39-19)23(37-17(5)31)24-27(7,10-9-21(28(24,8)34)36-16(4)30)25(38-18(6)32)20(12-13)35-15(3)29/h9-11,19-21,23-25,34H,12H2,1-8H3/b13-11-/t19-,20+,21+,23+,24+,25-,27-,28+/m0/s1. The Balaban J connectivity index is 2.44. The first-order chi connectivity index (χ1) is 18.0. The van der Waals surface area contributed by atoms with Crippen LogP contribution < -0.4 is 0 Å². The molecule has 0 fully saturated rings. The third-order valence-electron chi connectivity index (χ3n) is 7.50. The van der Waals surface area contributed by atoms with Gasteiger partial charge in [-0.2, -0.15) is 0 Å². The molecule has 11 heteroatoms. The van der Waals surface area contributed by atoms with Gasteiger partial charge in [0.1, 0.15) is 36.1 Å². The second-order valence-corrected chi connectivity index (χ2v) is 10.8. The van der Waals surface area contributed by atoms with Crippen molar-refractivity contribution in [3.05, 3.63) is 34.9 Å². The predicted octanol–water partition coefficient (Wildman–Crippen LogP) is 2.25. The fourth-order valence-corrected chi connectivity index (χ4v) is 6.08. The van der Waals surface area contributed by atoms with E-state index in [4.69, 9.17) is 23.7 Å². The lowest BCUT2D eigenvalue weighted by Gasteiger charge is -2.55. The first kappa shape index (κ1) is 30.1. The van der Waals surface area contributed by atoms with Crippen LogP contribution in [0.4, 0.5) is 0 Å². The van der Waals surface area contributed by atoms with E-state index in [1.165, 1.54) is 47.6 Å². The summed E-state index contributed by atoms with van der Waals surface area (Å²) in [5.74, 6) is -4.52. The molecule has 0 bridgehead atoms. The number of fused-ring (bicyclic) bond motifs is 2. The highest BCUT2D eigenvalue weighted by Crippen LogP contribution is 2.53. The van der Waals surface area contributed by atoms with Crippen molar-refractivity contribution in [2.75, 3.05) is 0 Å². The molecule has 0 saturated heterocycles. The average molecular weight is 549 g/mol. The zero-order chi connectivity index (χ0) is 29.4. The fraction of sp³-hybridized carbons (Fsp3) is 0.607. The van der Waals surface area contributed by atoms with Crippen molar-refractivity contribution in [3.8, 4) is 0 Å². The number of esters is 5. The number of hydrogen-bond acceptors (Lipinski definition) is 11. The number of rotatable bonds is 4. The van der Waals surface area contributed by atoms with Crippen LogP contribution in [0.25, 0.3) is 0 Å². The van der Waals surface area contributed by atoms with Crippen molar-refractivity contribution in [2.45, 2.75) is 97.9 Å². The Hall–Kier alpha value is -3.47. The maximum Gasteiger partial charge on any atom is 0.334 e. The van der Waals surface area contributed by atoms with Crippen LogP contribution in [0.5, 0.6) is 0 Å². The molecule has 0 saturated carbocycles. The first-order valence-corrected chi connectivity index (χ1v) is 12.7. The lowest BCUT2D eigenvalue weighted by Crippen LogP contribution is -2.65. The molecule has 0 amide bonds. The van der Waals surface area contributed by atoms with E-state index in [1.54, 1.807) is 26.0 Å². The fourth-order valence-electron chi connectivity index (χ4n) is 6.08. The normalized spacial score (nSPS) is 37.4. The molecule has 0 aromatic carbocycles. The third-order valence-corrected chi connectivity index (χ3v) is 7.50. The summed E-state index contributed by atoms with van der Waals surface area (Å²) in [5.41, 5.74) is -2.21. The minimum Gasteiger partial charge on any atom is -0.458 e. The Bertz CT molecular complexity index is 1160. The average Bonchev–Trinajstić information content (AvgIpc) is 3.04. The zero-order valence-corrected chi connectivity index (χ0v) is 23.4. The summed E-state index contributed by atoms with van der Waals surface area (Å²) >= 11 is 0. The minimum atomic E-state index is -1.95. The highest BCUT2D eigenvalue weighted by molar-refractivity contribution is 5.92. The minimum absolute atomic E-state index is 0.0990. The second-order valence-electron chi connectivity index (χ2n) is 10.8. The SMILES string of the molecule is CC(=O)O[C@@H]1C2=C(C)C(=O)O[C@H]2/C=C(/C)C[C@@H](OC(C)=O)[C@H](OC(C)=O)[C@@]2(C)C=C[C@@H](OC(C)=O)[C@@](C)(O)[C@H]12. The van der Waals surface area contributed by atoms with E-state index in [0.717, 1.165) is 0 Å². The van der Waals surface area contributed by atoms with Crippen molar-refractivity contribution in [3.63, 3.8) is 0 Å². The molecule has 8 atom stereocenters. The van der Waals surface area contributed by atoms with Crippen LogP contribution in [0.2, 0.25) is 0 Å². The summed E-state index contributed by atoms with van der Waals surface area (Å²) in [6.45, 7) is 11.1. The van der Waals surface area contributed by atoms with E-state index < -0.39 is 77.3 Å². The van der Waals surface area contributed by atoms with Gasteiger partial charge in [-0.1, -0.05) is 18.6 Å². The van der Waals surface area contributed by atoms with Gasteiger partial charge in [-0.25, -0.2) is 4.79 Å². The topological polar surface area (TPSA) is 152 Å². The van der Waals surface area contributed by atoms with Gasteiger partial charge < -0.3 is 28.8 Å². The van der Waals surface area contributed by atoms with Crippen LogP contribution in [0.15, 0.2) is 34.9 Å². The summed E-state index contributed by atoms with van der Waals surface area (Å²) in [6.07, 6.45) is -0.884. The summed E-state index contributed by atoms with van der Waals surface area (Å²) in [6, 6.07) is 0. The summed E-state index contributed by atoms with van der Waals surface area (Å²) < 4.78 is 28.4. The molecular weight excluding hydrogens is 512 g/mol. The Kier molecular flexibility index (Phi) is 8.45. The Morgan fingerprint density at radius 3 is 2.03 bits per heavy atom. The number of carbonyl (C=O) groups excluding carboxylic acids is 5. The molecular formula is C28H36O11. The van der Waals surface area contributed by atoms with Crippen LogP contribution in [0, 0.1) is 11.3 Å². The van der Waals surface area contributed by atoms with Gasteiger partial charge in [0.2, 0.25) is 0 Å². The number of carbonyl (C=O) groups is 5. The van der Waals surface area contributed by atoms with E-state index in [0.29, 0.717) is 11.1 Å². The molecule has 3 aliphatic rings. The number of ether oxygens (including phenoxy) is 5. The van der Waals surface area contributed by atoms with Crippen molar-refractivity contribution in [2.24, 2.45) is 11.3 Å². The summed E-state index contributed by atoms with van der Waals surface area (Å²) in [4.78, 5) is 61.8. The second kappa shape index (κ2) is 11.0. The monoisotopic (exact) mass is 548 g/mol. The lowest BCUT2D eigenvalue weighted by atomic mass is 9.56. The zero-order valence-electron chi connectivity index (χ0n) is 23.4. The number of aliphatic hydroxyl groups is 1. The summed E-state index contributed by atoms with van der Waals surface area (Å²) in [5, 5.41) is 12.1. The quantitative estimate of drug-likeness (QED) is 0.313. The molecule has 39 heavy (non-hydrogen) atoms. The van der Waals surface area contributed by atoms with Crippen LogP contribution in [0.1, 0.15) is 61.8 Å². The molecule has 11 nitrogen and oxygen atoms in total. The number of hydrogen-bond donors (Lipinski definition) is 1. The van der Waals surface area contributed by atoms with Crippen LogP contribution >= 0.6 is 0 Å². The van der Waals surface area contributed by atoms with E-state index in [-0.39, 0.29) is 12.0 Å². The molecule has 0 aromatic heterocycles. The molecule has 1 heterocycles. The van der Waals surface area contributed by atoms with E-state index in [2.05, 4.69) is 0 Å². The molecule has 214 valence electrons. The van der Waals surface area contributed by atoms with Crippen molar-refractivity contribution in [1.82, 2.24) is 0 Å². The van der Waals surface area contributed by atoms with Gasteiger partial charge in [0, 0.05) is 56.6 Å². The maximum absolute atomic E-state index is 12.8. The predicted molar refractivity (Wildman–Crippen MR) is 135 cm³/mol. The van der Waals surface area contributed by atoms with Crippen molar-refractivity contribution >= 4 is 29.8 Å². The molecule has 0 spiro atoms. The van der Waals surface area contributed by atoms with Gasteiger partial charge in [0.05, 0.1) is 0 Å². The molecule has 0 aromatic rings. The van der Waals surface area contributed by atoms with Gasteiger partial charge in [0.15, 0.2) is 0 Å². The smallest absolute Gasteiger partial charge is 0.334 e. The van der Waals surface area contributed by atoms with Crippen LogP contribution in [-0.2, 0) is 47.7 Å². The van der Waals surface area contributed by atoms with Gasteiger partial charge >= 0.3 is 29.8 Å². The third kappa shape index (κ3) is 5.93. The molecule has 2 aliphatic carbocycles. The highest BCUT2D eigenvalue weighted by Gasteiger charge is 2.63. The van der Waals surface area contributed by atoms with Crippen LogP contribution in [-0.4, -0.2) is 71.1 Å². The molecule has 3 rings (SSSR count). The molecule has 1 aliphatic heterocycles. The van der Waals surface area contributed by atoms with E-state index in [1.807, 2.05) is 0 Å². The molecule has 0 unspecified atom stereocenters. The van der Waals surface area contributed by atoms with E-state index >= 15 is 0 Å². The highest BCUT2D eigenvalue weighted by atomic mass is 16.6. The van der Waals surface area contributed by atoms with Crippen molar-refractivity contribution < 1.29 is 52.8 Å². The van der Waals surface area contributed by atoms with Crippen LogP contribution in [0.3, 0.4) is 0 Å². The van der Waals surface area contributed by atoms with E-state index in [9.17, 15) is 29.1 Å². The Morgan fingerprint density at radius 2 is 1.49 bits per heavy atom. The lowest BCUT2D eigenvalue weighted by molar-refractivity contribution is -0.214. The first-order valence-electron chi connectivity index (χ1n) is 12.7. The molecule has 0 radical (unpaired) electrons.